The molecule has 1 N–H and O–H groups in total. The SMILES string of the molecule is Cc1c(Br)c2ccccc2n1CC(=O)N1CC[C@@H](O)C1. The number of halogens is 1. The van der Waals surface area contributed by atoms with Gasteiger partial charge in [0.05, 0.1) is 6.10 Å². The van der Waals surface area contributed by atoms with Gasteiger partial charge in [-0.2, -0.15) is 0 Å². The summed E-state index contributed by atoms with van der Waals surface area (Å²) in [6.45, 7) is 3.44. The van der Waals surface area contributed by atoms with Gasteiger partial charge in [0.15, 0.2) is 0 Å². The normalized spacial score (nSPS) is 18.9. The number of carbonyl (C=O) groups excluding carboxylic acids is 1. The first-order chi connectivity index (χ1) is 9.58. The lowest BCUT2D eigenvalue weighted by atomic mass is 10.2. The molecule has 0 saturated carbocycles. The molecule has 2 aromatic rings. The Balaban J connectivity index is 1.91. The molecule has 0 unspecified atom stereocenters. The number of aliphatic hydroxyl groups excluding tert-OH is 1. The molecule has 3 rings (SSSR count). The van der Waals surface area contributed by atoms with E-state index in [2.05, 4.69) is 15.9 Å². The third-order valence-electron chi connectivity index (χ3n) is 3.96. The Kier molecular flexibility index (Phi) is 3.56. The van der Waals surface area contributed by atoms with Crippen molar-refractivity contribution in [3.8, 4) is 0 Å². The van der Waals surface area contributed by atoms with Gasteiger partial charge < -0.3 is 14.6 Å². The zero-order chi connectivity index (χ0) is 14.3. The minimum Gasteiger partial charge on any atom is -0.391 e. The summed E-state index contributed by atoms with van der Waals surface area (Å²) in [5.41, 5.74) is 2.12. The van der Waals surface area contributed by atoms with E-state index >= 15 is 0 Å². The van der Waals surface area contributed by atoms with Gasteiger partial charge in [-0.05, 0) is 35.3 Å². The molecule has 1 aliphatic rings. The number of benzene rings is 1. The van der Waals surface area contributed by atoms with Crippen LogP contribution in [0.3, 0.4) is 0 Å². The molecular formula is C15H17BrN2O2. The third-order valence-corrected chi connectivity index (χ3v) is 4.96. The number of amides is 1. The molecule has 0 bridgehead atoms. The monoisotopic (exact) mass is 336 g/mol. The molecule has 1 aromatic carbocycles. The molecular weight excluding hydrogens is 320 g/mol. The molecule has 1 fully saturated rings. The van der Waals surface area contributed by atoms with E-state index < -0.39 is 0 Å². The highest BCUT2D eigenvalue weighted by molar-refractivity contribution is 9.10. The number of fused-ring (bicyclic) bond motifs is 1. The van der Waals surface area contributed by atoms with Crippen LogP contribution in [0.25, 0.3) is 10.9 Å². The van der Waals surface area contributed by atoms with Crippen molar-refractivity contribution in [3.63, 3.8) is 0 Å². The average molecular weight is 337 g/mol. The summed E-state index contributed by atoms with van der Waals surface area (Å²) in [5, 5.41) is 10.7. The molecule has 1 aliphatic heterocycles. The fourth-order valence-electron chi connectivity index (χ4n) is 2.80. The molecule has 1 amide bonds. The second-order valence-electron chi connectivity index (χ2n) is 5.28. The lowest BCUT2D eigenvalue weighted by molar-refractivity contribution is -0.131. The highest BCUT2D eigenvalue weighted by Crippen LogP contribution is 2.30. The first-order valence-electron chi connectivity index (χ1n) is 6.77. The van der Waals surface area contributed by atoms with Gasteiger partial charge in [-0.1, -0.05) is 18.2 Å². The van der Waals surface area contributed by atoms with E-state index in [1.54, 1.807) is 4.90 Å². The molecule has 5 heteroatoms. The van der Waals surface area contributed by atoms with Crippen LogP contribution in [-0.4, -0.2) is 39.7 Å². The number of β-amino-alcohol motifs (C(OH)–C–C–N with tert-alkyl or cyclic N) is 1. The third kappa shape index (κ3) is 2.25. The smallest absolute Gasteiger partial charge is 0.242 e. The second-order valence-corrected chi connectivity index (χ2v) is 6.08. The molecule has 1 atom stereocenters. The van der Waals surface area contributed by atoms with E-state index in [1.807, 2.05) is 35.8 Å². The summed E-state index contributed by atoms with van der Waals surface area (Å²) < 4.78 is 3.08. The quantitative estimate of drug-likeness (QED) is 0.914. The summed E-state index contributed by atoms with van der Waals surface area (Å²) in [4.78, 5) is 14.1. The van der Waals surface area contributed by atoms with Crippen LogP contribution in [0.4, 0.5) is 0 Å². The van der Waals surface area contributed by atoms with E-state index in [1.165, 1.54) is 0 Å². The molecule has 0 aliphatic carbocycles. The van der Waals surface area contributed by atoms with Crippen molar-refractivity contribution >= 4 is 32.7 Å². The topological polar surface area (TPSA) is 45.5 Å². The summed E-state index contributed by atoms with van der Waals surface area (Å²) in [7, 11) is 0. The van der Waals surface area contributed by atoms with Gasteiger partial charge in [-0.25, -0.2) is 0 Å². The molecule has 20 heavy (non-hydrogen) atoms. The van der Waals surface area contributed by atoms with Gasteiger partial charge in [0.1, 0.15) is 6.54 Å². The van der Waals surface area contributed by atoms with Crippen LogP contribution >= 0.6 is 15.9 Å². The van der Waals surface area contributed by atoms with E-state index in [0.29, 0.717) is 26.1 Å². The van der Waals surface area contributed by atoms with Crippen LogP contribution in [-0.2, 0) is 11.3 Å². The molecule has 0 spiro atoms. The van der Waals surface area contributed by atoms with Crippen LogP contribution in [0.15, 0.2) is 28.7 Å². The minimum atomic E-state index is -0.367. The van der Waals surface area contributed by atoms with Gasteiger partial charge >= 0.3 is 0 Å². The predicted molar refractivity (Wildman–Crippen MR) is 81.6 cm³/mol. The van der Waals surface area contributed by atoms with E-state index in [4.69, 9.17) is 0 Å². The Bertz CT molecular complexity index is 665. The Morgan fingerprint density at radius 2 is 2.20 bits per heavy atom. The van der Waals surface area contributed by atoms with Crippen molar-refractivity contribution in [1.29, 1.82) is 0 Å². The van der Waals surface area contributed by atoms with Gasteiger partial charge in [-0.15, -0.1) is 0 Å². The number of nitrogens with zero attached hydrogens (tertiary/aromatic N) is 2. The summed E-state index contributed by atoms with van der Waals surface area (Å²) in [6, 6.07) is 8.05. The number of carbonyl (C=O) groups is 1. The second kappa shape index (κ2) is 5.22. The van der Waals surface area contributed by atoms with Gasteiger partial charge in [0.2, 0.25) is 5.91 Å². The maximum atomic E-state index is 12.3. The number of likely N-dealkylation sites (tertiary alicyclic amines) is 1. The Morgan fingerprint density at radius 3 is 2.90 bits per heavy atom. The summed E-state index contributed by atoms with van der Waals surface area (Å²) in [6.07, 6.45) is 0.314. The number of aliphatic hydroxyl groups is 1. The fraction of sp³-hybridized carbons (Fsp3) is 0.400. The molecule has 2 heterocycles. The van der Waals surface area contributed by atoms with Gasteiger partial charge in [-0.3, -0.25) is 4.79 Å². The maximum absolute atomic E-state index is 12.3. The van der Waals surface area contributed by atoms with Crippen molar-refractivity contribution in [3.05, 3.63) is 34.4 Å². The van der Waals surface area contributed by atoms with Crippen molar-refractivity contribution in [2.75, 3.05) is 13.1 Å². The average Bonchev–Trinajstić information content (AvgIpc) is 2.98. The minimum absolute atomic E-state index is 0.0675. The summed E-state index contributed by atoms with van der Waals surface area (Å²) in [5.74, 6) is 0.0675. The lowest BCUT2D eigenvalue weighted by Gasteiger charge is -2.17. The van der Waals surface area contributed by atoms with E-state index in [0.717, 1.165) is 21.1 Å². The molecule has 1 aromatic heterocycles. The zero-order valence-corrected chi connectivity index (χ0v) is 12.9. The Labute approximate surface area is 126 Å². The van der Waals surface area contributed by atoms with Crippen LogP contribution in [0.5, 0.6) is 0 Å². The highest BCUT2D eigenvalue weighted by Gasteiger charge is 2.25. The van der Waals surface area contributed by atoms with E-state index in [9.17, 15) is 9.90 Å². The largest absolute Gasteiger partial charge is 0.391 e. The standard InChI is InChI=1S/C15H17BrN2O2/c1-10-15(16)12-4-2-3-5-13(12)18(10)9-14(20)17-7-6-11(19)8-17/h2-5,11,19H,6-9H2,1H3/t11-/m1/s1. The lowest BCUT2D eigenvalue weighted by Crippen LogP contribution is -2.32. The number of hydrogen-bond donors (Lipinski definition) is 1. The first-order valence-corrected chi connectivity index (χ1v) is 7.56. The number of rotatable bonds is 2. The van der Waals surface area contributed by atoms with Crippen molar-refractivity contribution in [2.24, 2.45) is 0 Å². The molecule has 106 valence electrons. The summed E-state index contributed by atoms with van der Waals surface area (Å²) >= 11 is 3.60. The van der Waals surface area contributed by atoms with Crippen molar-refractivity contribution in [2.45, 2.75) is 26.0 Å². The van der Waals surface area contributed by atoms with Crippen LogP contribution in [0, 0.1) is 6.92 Å². The molecule has 4 nitrogen and oxygen atoms in total. The number of para-hydroxylation sites is 1. The van der Waals surface area contributed by atoms with E-state index in [-0.39, 0.29) is 12.0 Å². The maximum Gasteiger partial charge on any atom is 0.242 e. The zero-order valence-electron chi connectivity index (χ0n) is 11.3. The number of hydrogen-bond acceptors (Lipinski definition) is 2. The fourth-order valence-corrected chi connectivity index (χ4v) is 3.35. The molecule has 1 saturated heterocycles. The van der Waals surface area contributed by atoms with Crippen LogP contribution in [0.1, 0.15) is 12.1 Å². The predicted octanol–water partition coefficient (Wildman–Crippen LogP) is 2.31. The van der Waals surface area contributed by atoms with Crippen molar-refractivity contribution < 1.29 is 9.90 Å². The Hall–Kier alpha value is -1.33. The Morgan fingerprint density at radius 1 is 1.45 bits per heavy atom. The van der Waals surface area contributed by atoms with Gasteiger partial charge in [0, 0.05) is 34.2 Å². The molecule has 0 radical (unpaired) electrons. The van der Waals surface area contributed by atoms with Crippen LogP contribution < -0.4 is 0 Å². The highest BCUT2D eigenvalue weighted by atomic mass is 79.9. The first kappa shape index (κ1) is 13.6. The van der Waals surface area contributed by atoms with Gasteiger partial charge in [0.25, 0.3) is 0 Å². The van der Waals surface area contributed by atoms with Crippen molar-refractivity contribution in [1.82, 2.24) is 9.47 Å². The van der Waals surface area contributed by atoms with Crippen LogP contribution in [0.2, 0.25) is 0 Å². The number of aromatic nitrogens is 1.